The number of aromatic nitrogens is 2. The summed E-state index contributed by atoms with van der Waals surface area (Å²) in [6.45, 7) is 1.50. The zero-order chi connectivity index (χ0) is 19.4. The van der Waals surface area contributed by atoms with E-state index in [4.69, 9.17) is 21.3 Å². The second kappa shape index (κ2) is 11.8. The number of rotatable bonds is 13. The zero-order valence-corrected chi connectivity index (χ0v) is 17.4. The molecule has 3 aromatic rings. The van der Waals surface area contributed by atoms with Gasteiger partial charge < -0.3 is 9.30 Å². The number of hydrogen-bond donors (Lipinski definition) is 0. The van der Waals surface area contributed by atoms with Crippen LogP contribution in [-0.4, -0.2) is 15.4 Å². The predicted octanol–water partition coefficient (Wildman–Crippen LogP) is 6.97. The molecule has 0 saturated heterocycles. The number of unbranched alkanes of at least 4 members (excludes halogenated alkanes) is 7. The third-order valence-corrected chi connectivity index (χ3v) is 5.38. The van der Waals surface area contributed by atoms with E-state index in [1.54, 1.807) is 0 Å². The third-order valence-electron chi connectivity index (χ3n) is 5.11. The molecule has 0 saturated carbocycles. The van der Waals surface area contributed by atoms with Crippen molar-refractivity contribution < 1.29 is 4.74 Å². The molecule has 1 heterocycles. The molecule has 2 aromatic carbocycles. The number of benzene rings is 2. The Hall–Kier alpha value is -2.00. The summed E-state index contributed by atoms with van der Waals surface area (Å²) in [6, 6.07) is 18.3. The number of fused-ring (bicyclic) bond motifs is 1. The van der Waals surface area contributed by atoms with Gasteiger partial charge in [-0.2, -0.15) is 0 Å². The van der Waals surface area contributed by atoms with Crippen molar-refractivity contribution in [1.82, 2.24) is 9.55 Å². The van der Waals surface area contributed by atoms with Crippen molar-refractivity contribution in [2.75, 3.05) is 5.88 Å². The van der Waals surface area contributed by atoms with Crippen LogP contribution in [0.5, 0.6) is 5.75 Å². The van der Waals surface area contributed by atoms with Gasteiger partial charge in [-0.25, -0.2) is 4.98 Å². The number of imidazole rings is 1. The van der Waals surface area contributed by atoms with E-state index in [1.807, 2.05) is 36.4 Å². The molecule has 0 atom stereocenters. The van der Waals surface area contributed by atoms with Gasteiger partial charge in [0, 0.05) is 12.4 Å². The topological polar surface area (TPSA) is 27.1 Å². The highest BCUT2D eigenvalue weighted by Crippen LogP contribution is 2.20. The Morgan fingerprint density at radius 3 is 2.14 bits per heavy atom. The molecule has 0 spiro atoms. The van der Waals surface area contributed by atoms with Crippen molar-refractivity contribution in [2.24, 2.45) is 0 Å². The summed E-state index contributed by atoms with van der Waals surface area (Å²) in [5.74, 6) is 2.69. The van der Waals surface area contributed by atoms with Crippen LogP contribution in [-0.2, 0) is 13.2 Å². The summed E-state index contributed by atoms with van der Waals surface area (Å²) in [7, 11) is 0. The van der Waals surface area contributed by atoms with Crippen molar-refractivity contribution in [3.05, 3.63) is 60.4 Å². The third kappa shape index (κ3) is 6.27. The Bertz CT molecular complexity index is 816. The van der Waals surface area contributed by atoms with E-state index in [9.17, 15) is 0 Å². The van der Waals surface area contributed by atoms with Crippen molar-refractivity contribution >= 4 is 22.6 Å². The van der Waals surface area contributed by atoms with Crippen LogP contribution >= 0.6 is 11.6 Å². The van der Waals surface area contributed by atoms with Gasteiger partial charge in [0.2, 0.25) is 0 Å². The van der Waals surface area contributed by atoms with Crippen LogP contribution in [0.3, 0.4) is 0 Å². The van der Waals surface area contributed by atoms with E-state index in [1.165, 1.54) is 50.5 Å². The molecular formula is C24H31ClN2O. The maximum atomic E-state index is 5.96. The lowest BCUT2D eigenvalue weighted by molar-refractivity contribution is 0.289. The number of nitrogens with zero attached hydrogens (tertiary/aromatic N) is 2. The molecule has 3 rings (SSSR count). The van der Waals surface area contributed by atoms with E-state index in [0.29, 0.717) is 6.61 Å². The predicted molar refractivity (Wildman–Crippen MR) is 118 cm³/mol. The van der Waals surface area contributed by atoms with Gasteiger partial charge >= 0.3 is 0 Å². The number of halogens is 1. The lowest BCUT2D eigenvalue weighted by Crippen LogP contribution is -2.07. The van der Waals surface area contributed by atoms with Crippen molar-refractivity contribution in [3.8, 4) is 5.75 Å². The van der Waals surface area contributed by atoms with E-state index in [-0.39, 0.29) is 0 Å². The minimum Gasteiger partial charge on any atom is -0.486 e. The lowest BCUT2D eigenvalue weighted by Gasteiger charge is -2.10. The second-order valence-electron chi connectivity index (χ2n) is 7.29. The standard InChI is InChI=1S/C24H31ClN2O/c25-18-12-5-3-1-2-4-6-13-19-27-23-17-11-10-16-22(23)26-24(27)20-28-21-14-8-7-9-15-21/h7-11,14-17H,1-6,12-13,18-20H2. The van der Waals surface area contributed by atoms with Gasteiger partial charge in [-0.1, -0.05) is 68.9 Å². The SMILES string of the molecule is ClCCCCCCCCCCn1c(COc2ccccc2)nc2ccccc21. The first-order valence-electron chi connectivity index (χ1n) is 10.6. The number of para-hydroxylation sites is 3. The van der Waals surface area contributed by atoms with Gasteiger partial charge in [0.05, 0.1) is 11.0 Å². The molecular weight excluding hydrogens is 368 g/mol. The highest BCUT2D eigenvalue weighted by molar-refractivity contribution is 6.17. The maximum Gasteiger partial charge on any atom is 0.147 e. The Balaban J connectivity index is 1.51. The quantitative estimate of drug-likeness (QED) is 0.229. The fourth-order valence-corrected chi connectivity index (χ4v) is 3.76. The summed E-state index contributed by atoms with van der Waals surface area (Å²) in [5, 5.41) is 0. The fraction of sp³-hybridized carbons (Fsp3) is 0.458. The van der Waals surface area contributed by atoms with E-state index >= 15 is 0 Å². The van der Waals surface area contributed by atoms with E-state index in [2.05, 4.69) is 22.8 Å². The molecule has 0 N–H and O–H groups in total. The first-order valence-corrected chi connectivity index (χ1v) is 11.1. The van der Waals surface area contributed by atoms with Crippen molar-refractivity contribution in [2.45, 2.75) is 64.5 Å². The highest BCUT2D eigenvalue weighted by atomic mass is 35.5. The average Bonchev–Trinajstić information content (AvgIpc) is 3.09. The molecule has 28 heavy (non-hydrogen) atoms. The Kier molecular flexibility index (Phi) is 8.70. The summed E-state index contributed by atoms with van der Waals surface area (Å²) >= 11 is 5.73. The molecule has 0 aliphatic heterocycles. The fourth-order valence-electron chi connectivity index (χ4n) is 3.57. The normalized spacial score (nSPS) is 11.2. The average molecular weight is 399 g/mol. The van der Waals surface area contributed by atoms with Gasteiger partial charge in [-0.15, -0.1) is 11.6 Å². The number of alkyl halides is 1. The van der Waals surface area contributed by atoms with Crippen LogP contribution < -0.4 is 4.74 Å². The number of hydrogen-bond acceptors (Lipinski definition) is 2. The maximum absolute atomic E-state index is 5.96. The first-order chi connectivity index (χ1) is 13.9. The van der Waals surface area contributed by atoms with Crippen LogP contribution in [0.4, 0.5) is 0 Å². The van der Waals surface area contributed by atoms with Gasteiger partial charge in [-0.05, 0) is 37.1 Å². The van der Waals surface area contributed by atoms with Gasteiger partial charge in [0.25, 0.3) is 0 Å². The molecule has 150 valence electrons. The van der Waals surface area contributed by atoms with Crippen LogP contribution in [0.25, 0.3) is 11.0 Å². The van der Waals surface area contributed by atoms with Gasteiger partial charge in [-0.3, -0.25) is 0 Å². The van der Waals surface area contributed by atoms with Crippen LogP contribution in [0.2, 0.25) is 0 Å². The van der Waals surface area contributed by atoms with Crippen LogP contribution in [0, 0.1) is 0 Å². The Morgan fingerprint density at radius 2 is 1.39 bits per heavy atom. The highest BCUT2D eigenvalue weighted by Gasteiger charge is 2.10. The van der Waals surface area contributed by atoms with Gasteiger partial charge in [0.1, 0.15) is 18.2 Å². The van der Waals surface area contributed by atoms with Gasteiger partial charge in [0.15, 0.2) is 0 Å². The lowest BCUT2D eigenvalue weighted by atomic mass is 10.1. The monoisotopic (exact) mass is 398 g/mol. The molecule has 0 aliphatic rings. The number of aryl methyl sites for hydroxylation is 1. The van der Waals surface area contributed by atoms with Crippen molar-refractivity contribution in [1.29, 1.82) is 0 Å². The summed E-state index contributed by atoms with van der Waals surface area (Å²) in [4.78, 5) is 4.81. The minimum atomic E-state index is 0.499. The molecule has 3 nitrogen and oxygen atoms in total. The molecule has 0 radical (unpaired) electrons. The molecule has 0 fully saturated rings. The molecule has 4 heteroatoms. The second-order valence-corrected chi connectivity index (χ2v) is 7.67. The largest absolute Gasteiger partial charge is 0.486 e. The van der Waals surface area contributed by atoms with Crippen LogP contribution in [0.1, 0.15) is 57.2 Å². The number of ether oxygens (including phenoxy) is 1. The van der Waals surface area contributed by atoms with E-state index in [0.717, 1.165) is 35.9 Å². The van der Waals surface area contributed by atoms with Crippen LogP contribution in [0.15, 0.2) is 54.6 Å². The summed E-state index contributed by atoms with van der Waals surface area (Å²) in [5.41, 5.74) is 2.25. The Morgan fingerprint density at radius 1 is 0.750 bits per heavy atom. The first kappa shape index (κ1) is 20.7. The minimum absolute atomic E-state index is 0.499. The molecule has 1 aromatic heterocycles. The molecule has 0 unspecified atom stereocenters. The molecule has 0 bridgehead atoms. The molecule has 0 aliphatic carbocycles. The summed E-state index contributed by atoms with van der Waals surface area (Å²) < 4.78 is 8.29. The summed E-state index contributed by atoms with van der Waals surface area (Å²) in [6.07, 6.45) is 10.2. The Labute approximate surface area is 173 Å². The smallest absolute Gasteiger partial charge is 0.147 e. The molecule has 0 amide bonds. The van der Waals surface area contributed by atoms with E-state index < -0.39 is 0 Å². The zero-order valence-electron chi connectivity index (χ0n) is 16.7. The van der Waals surface area contributed by atoms with Crippen molar-refractivity contribution in [3.63, 3.8) is 0 Å².